The highest BCUT2D eigenvalue weighted by atomic mass is 79.9. The van der Waals surface area contributed by atoms with Crippen LogP contribution in [0.1, 0.15) is 15.9 Å². The quantitative estimate of drug-likeness (QED) is 0.779. The Kier molecular flexibility index (Phi) is 3.71. The second kappa shape index (κ2) is 5.16. The van der Waals surface area contributed by atoms with Crippen molar-refractivity contribution < 1.29 is 18.0 Å². The van der Waals surface area contributed by atoms with Crippen LogP contribution in [0.5, 0.6) is 0 Å². The first-order valence-electron chi connectivity index (χ1n) is 5.26. The third kappa shape index (κ3) is 2.93. The van der Waals surface area contributed by atoms with Crippen LogP contribution < -0.4 is 11.1 Å². The SMILES string of the molecule is Nc1[nH]ncc1C(=O)Nc1ccc(Br)cc1C(F)(F)F. The van der Waals surface area contributed by atoms with E-state index in [1.54, 1.807) is 0 Å². The van der Waals surface area contributed by atoms with E-state index in [1.807, 2.05) is 0 Å². The van der Waals surface area contributed by atoms with Crippen LogP contribution in [0.2, 0.25) is 0 Å². The standard InChI is InChI=1S/C11H8BrF3N4O/c12-5-1-2-8(7(3-5)11(13,14)15)18-10(20)6-4-17-19-9(6)16/h1-4H,(H,18,20)(H3,16,17,19). The minimum atomic E-state index is -4.59. The highest BCUT2D eigenvalue weighted by molar-refractivity contribution is 9.10. The summed E-state index contributed by atoms with van der Waals surface area (Å²) >= 11 is 2.96. The van der Waals surface area contributed by atoms with E-state index in [-0.39, 0.29) is 21.5 Å². The number of anilines is 2. The lowest BCUT2D eigenvalue weighted by Gasteiger charge is -2.14. The molecule has 0 saturated carbocycles. The van der Waals surface area contributed by atoms with E-state index in [9.17, 15) is 18.0 Å². The Bertz CT molecular complexity index is 653. The summed E-state index contributed by atoms with van der Waals surface area (Å²) in [6, 6.07) is 3.43. The van der Waals surface area contributed by atoms with E-state index in [0.717, 1.165) is 18.3 Å². The number of hydrogen-bond acceptors (Lipinski definition) is 3. The summed E-state index contributed by atoms with van der Waals surface area (Å²) < 4.78 is 38.9. The largest absolute Gasteiger partial charge is 0.418 e. The molecule has 0 aliphatic rings. The molecule has 5 nitrogen and oxygen atoms in total. The van der Waals surface area contributed by atoms with Crippen LogP contribution in [0.15, 0.2) is 28.9 Å². The predicted octanol–water partition coefficient (Wildman–Crippen LogP) is 3.03. The van der Waals surface area contributed by atoms with Gasteiger partial charge in [0.25, 0.3) is 5.91 Å². The molecule has 1 heterocycles. The van der Waals surface area contributed by atoms with Gasteiger partial charge < -0.3 is 11.1 Å². The minimum Gasteiger partial charge on any atom is -0.383 e. The summed E-state index contributed by atoms with van der Waals surface area (Å²) in [7, 11) is 0. The number of rotatable bonds is 2. The minimum absolute atomic E-state index is 0.0202. The normalized spacial score (nSPS) is 11.4. The third-order valence-corrected chi connectivity index (χ3v) is 2.94. The van der Waals surface area contributed by atoms with Gasteiger partial charge in [-0.3, -0.25) is 9.89 Å². The van der Waals surface area contributed by atoms with Crippen molar-refractivity contribution >= 4 is 33.3 Å². The Morgan fingerprint density at radius 1 is 1.40 bits per heavy atom. The Balaban J connectivity index is 2.35. The second-order valence-electron chi connectivity index (χ2n) is 3.84. The number of halogens is 4. The zero-order valence-electron chi connectivity index (χ0n) is 9.75. The van der Waals surface area contributed by atoms with Crippen molar-refractivity contribution in [3.63, 3.8) is 0 Å². The van der Waals surface area contributed by atoms with E-state index in [4.69, 9.17) is 5.73 Å². The molecule has 0 radical (unpaired) electrons. The van der Waals surface area contributed by atoms with Crippen molar-refractivity contribution in [3.8, 4) is 0 Å². The molecule has 0 spiro atoms. The molecule has 0 unspecified atom stereocenters. The fourth-order valence-corrected chi connectivity index (χ4v) is 1.89. The lowest BCUT2D eigenvalue weighted by atomic mass is 10.1. The van der Waals surface area contributed by atoms with Crippen LogP contribution in [-0.2, 0) is 6.18 Å². The number of nitrogens with two attached hydrogens (primary N) is 1. The molecule has 9 heteroatoms. The Morgan fingerprint density at radius 3 is 2.65 bits per heavy atom. The van der Waals surface area contributed by atoms with Crippen molar-refractivity contribution in [1.29, 1.82) is 0 Å². The molecule has 0 aliphatic carbocycles. The van der Waals surface area contributed by atoms with Gasteiger partial charge in [-0.2, -0.15) is 18.3 Å². The van der Waals surface area contributed by atoms with Crippen molar-refractivity contribution in [1.82, 2.24) is 10.2 Å². The molecule has 1 aromatic heterocycles. The third-order valence-electron chi connectivity index (χ3n) is 2.45. The summed E-state index contributed by atoms with van der Waals surface area (Å²) in [5.41, 5.74) is 4.10. The van der Waals surface area contributed by atoms with Gasteiger partial charge in [-0.15, -0.1) is 0 Å². The molecule has 0 fully saturated rings. The van der Waals surface area contributed by atoms with Gasteiger partial charge in [0, 0.05) is 4.47 Å². The maximum absolute atomic E-state index is 12.9. The molecule has 0 aliphatic heterocycles. The first-order valence-corrected chi connectivity index (χ1v) is 6.05. The average Bonchev–Trinajstić information content (AvgIpc) is 2.76. The van der Waals surface area contributed by atoms with Crippen LogP contribution >= 0.6 is 15.9 Å². The highest BCUT2D eigenvalue weighted by Gasteiger charge is 2.34. The molecule has 20 heavy (non-hydrogen) atoms. The lowest BCUT2D eigenvalue weighted by Crippen LogP contribution is -2.17. The maximum Gasteiger partial charge on any atom is 0.418 e. The number of carbonyl (C=O) groups excluding carboxylic acids is 1. The van der Waals surface area contributed by atoms with Gasteiger partial charge in [0.15, 0.2) is 0 Å². The number of amides is 1. The molecular formula is C11H8BrF3N4O. The molecule has 0 saturated heterocycles. The van der Waals surface area contributed by atoms with Gasteiger partial charge in [-0.25, -0.2) is 0 Å². The van der Waals surface area contributed by atoms with Gasteiger partial charge >= 0.3 is 6.18 Å². The highest BCUT2D eigenvalue weighted by Crippen LogP contribution is 2.36. The number of alkyl halides is 3. The molecule has 2 aromatic rings. The molecule has 2 rings (SSSR count). The first-order chi connectivity index (χ1) is 9.29. The van der Waals surface area contributed by atoms with Crippen molar-refractivity contribution in [2.75, 3.05) is 11.1 Å². The predicted molar refractivity (Wildman–Crippen MR) is 70.1 cm³/mol. The fourth-order valence-electron chi connectivity index (χ4n) is 1.53. The molecule has 106 valence electrons. The Labute approximate surface area is 119 Å². The van der Waals surface area contributed by atoms with E-state index < -0.39 is 17.6 Å². The van der Waals surface area contributed by atoms with Crippen molar-refractivity contribution in [2.24, 2.45) is 0 Å². The fraction of sp³-hybridized carbons (Fsp3) is 0.0909. The van der Waals surface area contributed by atoms with Crippen LogP contribution in [-0.4, -0.2) is 16.1 Å². The Hall–Kier alpha value is -2.03. The molecule has 0 atom stereocenters. The summed E-state index contributed by atoms with van der Waals surface area (Å²) in [5.74, 6) is -0.794. The monoisotopic (exact) mass is 348 g/mol. The van der Waals surface area contributed by atoms with Crippen LogP contribution in [0.25, 0.3) is 0 Å². The first kappa shape index (κ1) is 14.4. The molecule has 0 bridgehead atoms. The molecular weight excluding hydrogens is 341 g/mol. The number of nitrogen functional groups attached to an aromatic ring is 1. The number of carbonyl (C=O) groups is 1. The summed E-state index contributed by atoms with van der Waals surface area (Å²) in [4.78, 5) is 11.8. The van der Waals surface area contributed by atoms with E-state index in [2.05, 4.69) is 31.4 Å². The lowest BCUT2D eigenvalue weighted by molar-refractivity contribution is -0.136. The molecule has 4 N–H and O–H groups in total. The molecule has 1 amide bonds. The van der Waals surface area contributed by atoms with Gasteiger partial charge in [0.2, 0.25) is 0 Å². The Morgan fingerprint density at radius 2 is 2.10 bits per heavy atom. The molecule has 1 aromatic carbocycles. The maximum atomic E-state index is 12.9. The smallest absolute Gasteiger partial charge is 0.383 e. The van der Waals surface area contributed by atoms with E-state index in [0.29, 0.717) is 0 Å². The summed E-state index contributed by atoms with van der Waals surface area (Å²) in [6.07, 6.45) is -3.45. The van der Waals surface area contributed by atoms with Gasteiger partial charge in [0.05, 0.1) is 17.4 Å². The number of nitrogens with zero attached hydrogens (tertiary/aromatic N) is 1. The second-order valence-corrected chi connectivity index (χ2v) is 4.75. The number of H-pyrrole nitrogens is 1. The number of nitrogens with one attached hydrogen (secondary N) is 2. The number of aromatic nitrogens is 2. The zero-order valence-corrected chi connectivity index (χ0v) is 11.3. The van der Waals surface area contributed by atoms with E-state index in [1.165, 1.54) is 6.07 Å². The van der Waals surface area contributed by atoms with Crippen LogP contribution in [0.3, 0.4) is 0 Å². The zero-order chi connectivity index (χ0) is 14.9. The van der Waals surface area contributed by atoms with Crippen molar-refractivity contribution in [3.05, 3.63) is 40.0 Å². The number of benzene rings is 1. The van der Waals surface area contributed by atoms with Gasteiger partial charge in [-0.1, -0.05) is 15.9 Å². The number of hydrogen-bond donors (Lipinski definition) is 3. The van der Waals surface area contributed by atoms with Crippen LogP contribution in [0.4, 0.5) is 24.7 Å². The van der Waals surface area contributed by atoms with Crippen molar-refractivity contribution in [2.45, 2.75) is 6.18 Å². The van der Waals surface area contributed by atoms with Gasteiger partial charge in [0.1, 0.15) is 11.4 Å². The summed E-state index contributed by atoms with van der Waals surface area (Å²) in [6.45, 7) is 0. The topological polar surface area (TPSA) is 83.8 Å². The van der Waals surface area contributed by atoms with E-state index >= 15 is 0 Å². The average molecular weight is 349 g/mol. The number of aromatic amines is 1. The van der Waals surface area contributed by atoms with Crippen LogP contribution in [0, 0.1) is 0 Å². The summed E-state index contributed by atoms with van der Waals surface area (Å²) in [5, 5.41) is 8.02. The van der Waals surface area contributed by atoms with Gasteiger partial charge in [-0.05, 0) is 18.2 Å².